The first kappa shape index (κ1) is 24.8. The first-order chi connectivity index (χ1) is 17.8. The third-order valence-electron chi connectivity index (χ3n) is 6.76. The molecule has 9 heteroatoms. The van der Waals surface area contributed by atoms with Gasteiger partial charge in [-0.3, -0.25) is 5.41 Å². The molecule has 2 N–H and O–H groups in total. The molecule has 2 heterocycles. The Labute approximate surface area is 215 Å². The average molecular weight is 506 g/mol. The zero-order valence-electron chi connectivity index (χ0n) is 21.4. The Bertz CT molecular complexity index is 1460. The molecule has 5 rings (SSSR count). The zero-order valence-corrected chi connectivity index (χ0v) is 21.4. The molecule has 0 bridgehead atoms. The van der Waals surface area contributed by atoms with Gasteiger partial charge in [0.05, 0.1) is 31.5 Å². The highest BCUT2D eigenvalue weighted by Gasteiger charge is 2.27. The molecule has 1 aliphatic carbocycles. The molecule has 37 heavy (non-hydrogen) atoms. The van der Waals surface area contributed by atoms with E-state index in [9.17, 15) is 4.39 Å². The van der Waals surface area contributed by atoms with Gasteiger partial charge in [-0.2, -0.15) is 0 Å². The molecule has 8 nitrogen and oxygen atoms in total. The molecule has 2 aromatic carbocycles. The van der Waals surface area contributed by atoms with Crippen molar-refractivity contribution in [1.29, 1.82) is 5.41 Å². The fourth-order valence-corrected chi connectivity index (χ4v) is 4.60. The molecule has 1 fully saturated rings. The summed E-state index contributed by atoms with van der Waals surface area (Å²) >= 11 is 0. The molecule has 0 spiro atoms. The second-order valence-electron chi connectivity index (χ2n) is 10.1. The largest absolute Gasteiger partial charge is 0.493 e. The number of methoxy groups -OCH3 is 1. The highest BCUT2D eigenvalue weighted by atomic mass is 19.1. The fourth-order valence-electron chi connectivity index (χ4n) is 4.60. The van der Waals surface area contributed by atoms with Crippen LogP contribution in [0.3, 0.4) is 0 Å². The smallest absolute Gasteiger partial charge is 0.173 e. The van der Waals surface area contributed by atoms with Crippen molar-refractivity contribution in [3.05, 3.63) is 71.5 Å². The number of para-hydroxylation sites is 1. The highest BCUT2D eigenvalue weighted by Crippen LogP contribution is 2.33. The van der Waals surface area contributed by atoms with Crippen LogP contribution in [0.15, 0.2) is 48.8 Å². The molecule has 0 unspecified atom stereocenters. The number of benzene rings is 2. The maximum Gasteiger partial charge on any atom is 0.173 e. The first-order valence-electron chi connectivity index (χ1n) is 12.6. The van der Waals surface area contributed by atoms with Crippen molar-refractivity contribution >= 4 is 11.2 Å². The molecule has 194 valence electrons. The SMILES string of the molecule is COc1ccc(Cn2cnc(=N)c3[nH]c(C(C)(C)COc4ccccc4F)nc32)cc1OC1CCCC1. The van der Waals surface area contributed by atoms with E-state index in [1.165, 1.54) is 18.9 Å². The summed E-state index contributed by atoms with van der Waals surface area (Å²) < 4.78 is 33.5. The van der Waals surface area contributed by atoms with Crippen molar-refractivity contribution in [2.75, 3.05) is 13.7 Å². The maximum atomic E-state index is 14.0. The number of nitrogens with zero attached hydrogens (tertiary/aromatic N) is 3. The second-order valence-corrected chi connectivity index (χ2v) is 10.1. The van der Waals surface area contributed by atoms with E-state index in [1.807, 2.05) is 36.6 Å². The molecule has 2 aromatic heterocycles. The van der Waals surface area contributed by atoms with Crippen LogP contribution in [0.25, 0.3) is 11.2 Å². The molecule has 1 saturated carbocycles. The predicted molar refractivity (Wildman–Crippen MR) is 138 cm³/mol. The Balaban J connectivity index is 1.41. The lowest BCUT2D eigenvalue weighted by molar-refractivity contribution is 0.200. The van der Waals surface area contributed by atoms with E-state index in [0.717, 1.165) is 24.2 Å². The molecule has 0 amide bonds. The summed E-state index contributed by atoms with van der Waals surface area (Å²) in [5, 5.41) is 8.32. The van der Waals surface area contributed by atoms with Gasteiger partial charge in [0.2, 0.25) is 0 Å². The molecule has 0 saturated heterocycles. The van der Waals surface area contributed by atoms with Crippen molar-refractivity contribution in [2.45, 2.75) is 57.6 Å². The van der Waals surface area contributed by atoms with Crippen LogP contribution in [-0.2, 0) is 12.0 Å². The van der Waals surface area contributed by atoms with Crippen molar-refractivity contribution in [3.63, 3.8) is 0 Å². The number of hydrogen-bond acceptors (Lipinski definition) is 6. The number of imidazole rings is 1. The van der Waals surface area contributed by atoms with Gasteiger partial charge in [0.15, 0.2) is 34.2 Å². The van der Waals surface area contributed by atoms with Gasteiger partial charge in [0.1, 0.15) is 17.9 Å². The first-order valence-corrected chi connectivity index (χ1v) is 12.6. The summed E-state index contributed by atoms with van der Waals surface area (Å²) in [4.78, 5) is 12.4. The van der Waals surface area contributed by atoms with E-state index in [2.05, 4.69) is 9.97 Å². The second kappa shape index (κ2) is 10.2. The van der Waals surface area contributed by atoms with Crippen LogP contribution in [0.2, 0.25) is 0 Å². The summed E-state index contributed by atoms with van der Waals surface area (Å²) in [6.45, 7) is 4.62. The zero-order chi connectivity index (χ0) is 26.0. The summed E-state index contributed by atoms with van der Waals surface area (Å²) in [5.74, 6) is 1.87. The average Bonchev–Trinajstić information content (AvgIpc) is 3.57. The lowest BCUT2D eigenvalue weighted by Gasteiger charge is -2.22. The van der Waals surface area contributed by atoms with Gasteiger partial charge in [0.25, 0.3) is 0 Å². The van der Waals surface area contributed by atoms with Gasteiger partial charge in [-0.1, -0.05) is 18.2 Å². The van der Waals surface area contributed by atoms with E-state index >= 15 is 0 Å². The van der Waals surface area contributed by atoms with Crippen molar-refractivity contribution < 1.29 is 18.6 Å². The third-order valence-corrected chi connectivity index (χ3v) is 6.76. The van der Waals surface area contributed by atoms with Crippen LogP contribution in [-0.4, -0.2) is 39.3 Å². The van der Waals surface area contributed by atoms with Crippen LogP contribution < -0.4 is 19.7 Å². The quantitative estimate of drug-likeness (QED) is 0.329. The Hall–Kier alpha value is -3.88. The normalized spacial score (nSPS) is 14.3. The molecular formula is C28H32FN5O3. The number of halogens is 1. The van der Waals surface area contributed by atoms with Crippen molar-refractivity contribution in [2.24, 2.45) is 0 Å². The minimum Gasteiger partial charge on any atom is -0.493 e. The van der Waals surface area contributed by atoms with Gasteiger partial charge in [-0.25, -0.2) is 14.4 Å². The third kappa shape index (κ3) is 5.30. The number of H-pyrrole nitrogens is 1. The van der Waals surface area contributed by atoms with Gasteiger partial charge in [-0.05, 0) is 69.4 Å². The molecule has 0 atom stereocenters. The van der Waals surface area contributed by atoms with Gasteiger partial charge < -0.3 is 23.8 Å². The molecule has 4 aromatic rings. The molecule has 0 aliphatic heterocycles. The number of aromatic nitrogens is 4. The standard InChI is InChI=1S/C28H32FN5O3/c1-28(2,16-36-21-11-7-6-10-20(21)29)27-32-24-25(30)31-17-34(26(24)33-27)15-18-12-13-22(35-3)23(14-18)37-19-8-4-5-9-19/h6-7,10-14,17,19,30H,4-5,8-9,15-16H2,1-3H3,(H,32,33). The molecule has 1 aliphatic rings. The lowest BCUT2D eigenvalue weighted by atomic mass is 9.94. The number of fused-ring (bicyclic) bond motifs is 1. The number of rotatable bonds is 9. The lowest BCUT2D eigenvalue weighted by Crippen LogP contribution is -2.28. The Kier molecular flexibility index (Phi) is 6.86. The highest BCUT2D eigenvalue weighted by molar-refractivity contribution is 5.69. The molecular weight excluding hydrogens is 473 g/mol. The fraction of sp³-hybridized carbons (Fsp3) is 0.393. The van der Waals surface area contributed by atoms with Crippen LogP contribution in [0, 0.1) is 11.2 Å². The van der Waals surface area contributed by atoms with Crippen LogP contribution >= 0.6 is 0 Å². The van der Waals surface area contributed by atoms with E-state index in [-0.39, 0.29) is 23.9 Å². The maximum absolute atomic E-state index is 14.0. The van der Waals surface area contributed by atoms with Gasteiger partial charge >= 0.3 is 0 Å². The van der Waals surface area contributed by atoms with E-state index in [0.29, 0.717) is 29.3 Å². The van der Waals surface area contributed by atoms with E-state index < -0.39 is 11.2 Å². The van der Waals surface area contributed by atoms with Gasteiger partial charge in [-0.15, -0.1) is 0 Å². The van der Waals surface area contributed by atoms with E-state index in [1.54, 1.807) is 31.6 Å². The van der Waals surface area contributed by atoms with Crippen LogP contribution in [0.5, 0.6) is 17.2 Å². The van der Waals surface area contributed by atoms with Crippen molar-refractivity contribution in [1.82, 2.24) is 19.5 Å². The predicted octanol–water partition coefficient (Wildman–Crippen LogP) is 5.11. The van der Waals surface area contributed by atoms with Gasteiger partial charge in [0, 0.05) is 0 Å². The summed E-state index contributed by atoms with van der Waals surface area (Å²) in [5.41, 5.74) is 1.69. The number of nitrogens with one attached hydrogen (secondary N) is 2. The molecule has 0 radical (unpaired) electrons. The minimum absolute atomic E-state index is 0.107. The number of aromatic amines is 1. The Morgan fingerprint density at radius 2 is 1.89 bits per heavy atom. The summed E-state index contributed by atoms with van der Waals surface area (Å²) in [6, 6.07) is 12.2. The minimum atomic E-state index is -0.575. The number of hydrogen-bond donors (Lipinski definition) is 2. The van der Waals surface area contributed by atoms with Crippen LogP contribution in [0.4, 0.5) is 4.39 Å². The Morgan fingerprint density at radius 1 is 1.11 bits per heavy atom. The number of ether oxygens (including phenoxy) is 3. The topological polar surface area (TPSA) is 98.0 Å². The monoisotopic (exact) mass is 505 g/mol. The van der Waals surface area contributed by atoms with Crippen LogP contribution in [0.1, 0.15) is 50.9 Å². The summed E-state index contributed by atoms with van der Waals surface area (Å²) in [7, 11) is 1.65. The van der Waals surface area contributed by atoms with E-state index in [4.69, 9.17) is 24.6 Å². The van der Waals surface area contributed by atoms with Crippen molar-refractivity contribution in [3.8, 4) is 17.2 Å². The summed E-state index contributed by atoms with van der Waals surface area (Å²) in [6.07, 6.45) is 6.34. The Morgan fingerprint density at radius 3 is 2.65 bits per heavy atom.